The Kier molecular flexibility index (Phi) is 3.17. The number of para-hydroxylation sites is 1. The van der Waals surface area contributed by atoms with Crippen LogP contribution in [0.4, 0.5) is 4.39 Å². The molecule has 21 heavy (non-hydrogen) atoms. The van der Waals surface area contributed by atoms with Crippen LogP contribution in [0.1, 0.15) is 5.56 Å². The van der Waals surface area contributed by atoms with Gasteiger partial charge in [-0.3, -0.25) is 0 Å². The van der Waals surface area contributed by atoms with Gasteiger partial charge in [0.05, 0.1) is 4.91 Å². The Bertz CT molecular complexity index is 841. The highest BCUT2D eigenvalue weighted by Gasteiger charge is 2.32. The van der Waals surface area contributed by atoms with E-state index >= 15 is 0 Å². The molecule has 3 rings (SSSR count). The number of phenolic OH excluding ortho intramolecular Hbond substituents is 1. The predicted octanol–water partition coefficient (Wildman–Crippen LogP) is 2.74. The number of halogens is 1. The van der Waals surface area contributed by atoms with E-state index in [2.05, 4.69) is 0 Å². The molecule has 1 aliphatic heterocycles. The van der Waals surface area contributed by atoms with Crippen molar-refractivity contribution < 1.29 is 22.7 Å². The van der Waals surface area contributed by atoms with Crippen molar-refractivity contribution in [1.29, 1.82) is 0 Å². The van der Waals surface area contributed by atoms with Gasteiger partial charge in [-0.05, 0) is 29.8 Å². The standard InChI is InChI=1S/C15H11FO4S/c16-12-5-1-2-7-14(12)20-9-11-8-10-4-3-6-13(17)15(10)21(11,18)19/h1-8,17H,9H2. The largest absolute Gasteiger partial charge is 0.507 e. The molecule has 0 unspecified atom stereocenters. The molecule has 0 saturated heterocycles. The molecule has 0 aliphatic carbocycles. The summed E-state index contributed by atoms with van der Waals surface area (Å²) in [5.41, 5.74) is 0.405. The van der Waals surface area contributed by atoms with Gasteiger partial charge in [0.25, 0.3) is 0 Å². The Labute approximate surface area is 121 Å². The molecule has 0 bridgehead atoms. The van der Waals surface area contributed by atoms with Gasteiger partial charge in [0.1, 0.15) is 17.3 Å². The third-order valence-electron chi connectivity index (χ3n) is 3.16. The van der Waals surface area contributed by atoms with Crippen LogP contribution < -0.4 is 4.74 Å². The van der Waals surface area contributed by atoms with Crippen LogP contribution in [0.15, 0.2) is 52.3 Å². The molecule has 1 N–H and O–H groups in total. The highest BCUT2D eigenvalue weighted by atomic mass is 32.2. The van der Waals surface area contributed by atoms with Crippen LogP contribution in [0.5, 0.6) is 11.5 Å². The highest BCUT2D eigenvalue weighted by Crippen LogP contribution is 2.38. The van der Waals surface area contributed by atoms with Crippen LogP contribution in [0.25, 0.3) is 6.08 Å². The minimum Gasteiger partial charge on any atom is -0.507 e. The van der Waals surface area contributed by atoms with Crippen molar-refractivity contribution in [2.45, 2.75) is 4.90 Å². The van der Waals surface area contributed by atoms with Crippen molar-refractivity contribution in [2.24, 2.45) is 0 Å². The molecule has 0 atom stereocenters. The number of rotatable bonds is 3. The SMILES string of the molecule is O=S1(=O)C(COc2ccccc2F)=Cc2cccc(O)c21. The molecule has 0 spiro atoms. The normalized spacial score (nSPS) is 15.4. The lowest BCUT2D eigenvalue weighted by atomic mass is 10.2. The smallest absolute Gasteiger partial charge is 0.210 e. The average molecular weight is 306 g/mol. The lowest BCUT2D eigenvalue weighted by Gasteiger charge is -2.08. The number of ether oxygens (including phenoxy) is 1. The van der Waals surface area contributed by atoms with Crippen LogP contribution in [-0.2, 0) is 9.84 Å². The molecule has 0 saturated carbocycles. The summed E-state index contributed by atoms with van der Waals surface area (Å²) in [7, 11) is -3.80. The number of benzene rings is 2. The monoisotopic (exact) mass is 306 g/mol. The Morgan fingerprint density at radius 3 is 2.57 bits per heavy atom. The summed E-state index contributed by atoms with van der Waals surface area (Å²) in [6.45, 7) is -0.294. The maximum absolute atomic E-state index is 13.4. The fraction of sp³-hybridized carbons (Fsp3) is 0.0667. The first kappa shape index (κ1) is 13.6. The number of phenols is 1. The number of hydrogen-bond acceptors (Lipinski definition) is 4. The van der Waals surface area contributed by atoms with Gasteiger partial charge >= 0.3 is 0 Å². The Hall–Kier alpha value is -2.34. The van der Waals surface area contributed by atoms with Crippen molar-refractivity contribution in [3.63, 3.8) is 0 Å². The molecule has 1 aliphatic rings. The fourth-order valence-electron chi connectivity index (χ4n) is 2.16. The Balaban J connectivity index is 1.89. The van der Waals surface area contributed by atoms with E-state index in [0.29, 0.717) is 5.56 Å². The first-order valence-electron chi connectivity index (χ1n) is 6.15. The first-order valence-corrected chi connectivity index (χ1v) is 7.63. The van der Waals surface area contributed by atoms with Gasteiger partial charge in [0.2, 0.25) is 9.84 Å². The molecule has 1 heterocycles. The molecule has 0 aromatic heterocycles. The van der Waals surface area contributed by atoms with E-state index in [1.54, 1.807) is 18.2 Å². The van der Waals surface area contributed by atoms with Gasteiger partial charge in [0.15, 0.2) is 11.6 Å². The minimum absolute atomic E-state index is 0.0118. The summed E-state index contributed by atoms with van der Waals surface area (Å²) in [6, 6.07) is 10.2. The first-order chi connectivity index (χ1) is 10.00. The molecule has 0 fully saturated rings. The molecule has 108 valence electrons. The molecular weight excluding hydrogens is 295 g/mol. The van der Waals surface area contributed by atoms with Gasteiger partial charge in [-0.25, -0.2) is 12.8 Å². The van der Waals surface area contributed by atoms with Crippen molar-refractivity contribution >= 4 is 15.9 Å². The zero-order valence-corrected chi connectivity index (χ0v) is 11.6. The number of hydrogen-bond donors (Lipinski definition) is 1. The molecule has 2 aromatic rings. The Morgan fingerprint density at radius 1 is 1.10 bits per heavy atom. The summed E-state index contributed by atoms with van der Waals surface area (Å²) in [4.78, 5) is -0.139. The van der Waals surface area contributed by atoms with E-state index in [4.69, 9.17) is 4.74 Å². The van der Waals surface area contributed by atoms with Gasteiger partial charge in [-0.2, -0.15) is 0 Å². The summed E-state index contributed by atoms with van der Waals surface area (Å²) < 4.78 is 43.3. The van der Waals surface area contributed by atoms with E-state index in [9.17, 15) is 17.9 Å². The summed E-state index contributed by atoms with van der Waals surface area (Å²) >= 11 is 0. The molecule has 4 nitrogen and oxygen atoms in total. The summed E-state index contributed by atoms with van der Waals surface area (Å²) in [6.07, 6.45) is 1.42. The van der Waals surface area contributed by atoms with E-state index in [0.717, 1.165) is 0 Å². The van der Waals surface area contributed by atoms with E-state index < -0.39 is 15.7 Å². The number of fused-ring (bicyclic) bond motifs is 1. The molecule has 2 aromatic carbocycles. The zero-order valence-electron chi connectivity index (χ0n) is 10.8. The second kappa shape index (κ2) is 4.89. The molecule has 0 amide bonds. The van der Waals surface area contributed by atoms with Crippen LogP contribution in [0.2, 0.25) is 0 Å². The second-order valence-electron chi connectivity index (χ2n) is 4.53. The highest BCUT2D eigenvalue weighted by molar-refractivity contribution is 7.96. The molecular formula is C15H11FO4S. The van der Waals surface area contributed by atoms with E-state index in [1.165, 1.54) is 30.3 Å². The van der Waals surface area contributed by atoms with Crippen molar-refractivity contribution in [1.82, 2.24) is 0 Å². The summed E-state index contributed by atoms with van der Waals surface area (Å²) in [5.74, 6) is -0.882. The zero-order chi connectivity index (χ0) is 15.0. The predicted molar refractivity (Wildman–Crippen MR) is 75.2 cm³/mol. The van der Waals surface area contributed by atoms with Crippen LogP contribution in [0, 0.1) is 5.82 Å². The van der Waals surface area contributed by atoms with Gasteiger partial charge < -0.3 is 9.84 Å². The van der Waals surface area contributed by atoms with Gasteiger partial charge in [0, 0.05) is 0 Å². The third-order valence-corrected chi connectivity index (χ3v) is 5.07. The van der Waals surface area contributed by atoms with Crippen molar-refractivity contribution in [3.8, 4) is 11.5 Å². The van der Waals surface area contributed by atoms with Crippen LogP contribution >= 0.6 is 0 Å². The maximum atomic E-state index is 13.4. The molecule has 6 heteroatoms. The van der Waals surface area contributed by atoms with Crippen LogP contribution in [-0.4, -0.2) is 20.1 Å². The quantitative estimate of drug-likeness (QED) is 0.947. The van der Waals surface area contributed by atoms with Crippen LogP contribution in [0.3, 0.4) is 0 Å². The second-order valence-corrected chi connectivity index (χ2v) is 6.47. The molecule has 0 radical (unpaired) electrons. The third kappa shape index (κ3) is 2.27. The number of aromatic hydroxyl groups is 1. The van der Waals surface area contributed by atoms with Crippen molar-refractivity contribution in [2.75, 3.05) is 6.61 Å². The Morgan fingerprint density at radius 2 is 1.86 bits per heavy atom. The van der Waals surface area contributed by atoms with E-state index in [-0.39, 0.29) is 27.9 Å². The maximum Gasteiger partial charge on any atom is 0.210 e. The average Bonchev–Trinajstić information content (AvgIpc) is 2.70. The summed E-state index contributed by atoms with van der Waals surface area (Å²) in [5, 5.41) is 9.70. The van der Waals surface area contributed by atoms with Crippen molar-refractivity contribution in [3.05, 3.63) is 58.8 Å². The minimum atomic E-state index is -3.80. The van der Waals surface area contributed by atoms with E-state index in [1.807, 2.05) is 0 Å². The fourth-order valence-corrected chi connectivity index (χ4v) is 3.70. The topological polar surface area (TPSA) is 63.6 Å². The lowest BCUT2D eigenvalue weighted by molar-refractivity contribution is 0.338. The van der Waals surface area contributed by atoms with Gasteiger partial charge in [-0.1, -0.05) is 24.3 Å². The lowest BCUT2D eigenvalue weighted by Crippen LogP contribution is -2.09. The van der Waals surface area contributed by atoms with Gasteiger partial charge in [-0.15, -0.1) is 0 Å². The number of sulfone groups is 1.